The Hall–Kier alpha value is -1.75. The van der Waals surface area contributed by atoms with Gasteiger partial charge >= 0.3 is 5.97 Å². The second kappa shape index (κ2) is 9.20. The van der Waals surface area contributed by atoms with Crippen molar-refractivity contribution in [2.45, 2.75) is 13.8 Å². The van der Waals surface area contributed by atoms with Crippen molar-refractivity contribution < 1.29 is 19.0 Å². The van der Waals surface area contributed by atoms with Gasteiger partial charge in [0.2, 0.25) is 0 Å². The number of benzene rings is 1. The molecule has 1 rings (SSSR count). The molecule has 0 radical (unpaired) electrons. The van der Waals surface area contributed by atoms with Gasteiger partial charge in [-0.3, -0.25) is 9.69 Å². The molecule has 0 saturated heterocycles. The van der Waals surface area contributed by atoms with Crippen LogP contribution in [0.5, 0.6) is 11.5 Å². The normalized spacial score (nSPS) is 10.4. The summed E-state index contributed by atoms with van der Waals surface area (Å²) in [6.45, 7) is 6.52. The number of nitrogens with zero attached hydrogens (tertiary/aromatic N) is 1. The van der Waals surface area contributed by atoms with Gasteiger partial charge < -0.3 is 14.2 Å². The minimum atomic E-state index is -0.196. The summed E-state index contributed by atoms with van der Waals surface area (Å²) in [5, 5.41) is 0. The summed E-state index contributed by atoms with van der Waals surface area (Å²) in [5.41, 5.74) is 0. The molecule has 0 spiro atoms. The topological polar surface area (TPSA) is 48.0 Å². The maximum Gasteiger partial charge on any atom is 0.320 e. The average Bonchev–Trinajstić information content (AvgIpc) is 2.47. The molecule has 0 aliphatic rings. The minimum Gasteiger partial charge on any atom is -0.497 e. The van der Waals surface area contributed by atoms with E-state index in [-0.39, 0.29) is 5.97 Å². The van der Waals surface area contributed by atoms with E-state index in [4.69, 9.17) is 14.2 Å². The lowest BCUT2D eigenvalue weighted by Gasteiger charge is -2.19. The second-order valence-electron chi connectivity index (χ2n) is 4.20. The van der Waals surface area contributed by atoms with Crippen LogP contribution in [0, 0.1) is 0 Å². The van der Waals surface area contributed by atoms with Crippen molar-refractivity contribution in [3.63, 3.8) is 0 Å². The third-order valence-corrected chi connectivity index (χ3v) is 2.84. The van der Waals surface area contributed by atoms with Crippen molar-refractivity contribution in [3.8, 4) is 11.5 Å². The van der Waals surface area contributed by atoms with Crippen LogP contribution in [0.3, 0.4) is 0 Å². The molecule has 0 aliphatic carbocycles. The smallest absolute Gasteiger partial charge is 0.320 e. The first kappa shape index (κ1) is 16.3. The number of rotatable bonds is 9. The van der Waals surface area contributed by atoms with E-state index in [1.54, 1.807) is 14.0 Å². The van der Waals surface area contributed by atoms with Crippen LogP contribution < -0.4 is 9.47 Å². The van der Waals surface area contributed by atoms with Crippen molar-refractivity contribution in [2.75, 3.05) is 40.0 Å². The number of carbonyl (C=O) groups is 1. The van der Waals surface area contributed by atoms with Gasteiger partial charge in [0.05, 0.1) is 20.3 Å². The molecular formula is C15H23NO4. The zero-order valence-electron chi connectivity index (χ0n) is 12.4. The molecule has 1 aromatic rings. The molecular weight excluding hydrogens is 258 g/mol. The molecule has 112 valence electrons. The highest BCUT2D eigenvalue weighted by atomic mass is 16.5. The van der Waals surface area contributed by atoms with Crippen LogP contribution in [-0.2, 0) is 9.53 Å². The van der Waals surface area contributed by atoms with Crippen molar-refractivity contribution in [2.24, 2.45) is 0 Å². The Morgan fingerprint density at radius 1 is 1.15 bits per heavy atom. The molecule has 5 nitrogen and oxygen atoms in total. The maximum atomic E-state index is 11.4. The highest BCUT2D eigenvalue weighted by Gasteiger charge is 2.09. The van der Waals surface area contributed by atoms with E-state index in [2.05, 4.69) is 0 Å². The molecule has 0 heterocycles. The third-order valence-electron chi connectivity index (χ3n) is 2.84. The number of carbonyl (C=O) groups excluding carboxylic acids is 1. The zero-order chi connectivity index (χ0) is 14.8. The number of hydrogen-bond donors (Lipinski definition) is 0. The van der Waals surface area contributed by atoms with Crippen LogP contribution in [0.1, 0.15) is 13.8 Å². The molecule has 0 saturated carbocycles. The van der Waals surface area contributed by atoms with Crippen molar-refractivity contribution in [1.29, 1.82) is 0 Å². The molecule has 20 heavy (non-hydrogen) atoms. The molecule has 0 bridgehead atoms. The third kappa shape index (κ3) is 5.93. The van der Waals surface area contributed by atoms with Crippen LogP contribution in [0.2, 0.25) is 0 Å². The highest BCUT2D eigenvalue weighted by molar-refractivity contribution is 5.71. The van der Waals surface area contributed by atoms with Gasteiger partial charge in [-0.1, -0.05) is 6.92 Å². The quantitative estimate of drug-likeness (QED) is 0.648. The van der Waals surface area contributed by atoms with E-state index >= 15 is 0 Å². The van der Waals surface area contributed by atoms with Gasteiger partial charge in [0.1, 0.15) is 18.1 Å². The zero-order valence-corrected chi connectivity index (χ0v) is 12.4. The molecule has 5 heteroatoms. The van der Waals surface area contributed by atoms with E-state index in [9.17, 15) is 4.79 Å². The number of methoxy groups -OCH3 is 1. The first-order valence-corrected chi connectivity index (χ1v) is 6.84. The number of likely N-dealkylation sites (N-methyl/N-ethyl adjacent to an activating group) is 1. The van der Waals surface area contributed by atoms with Crippen LogP contribution in [-0.4, -0.2) is 50.8 Å². The van der Waals surface area contributed by atoms with E-state index in [0.29, 0.717) is 26.3 Å². The van der Waals surface area contributed by atoms with Crippen LogP contribution >= 0.6 is 0 Å². The number of esters is 1. The summed E-state index contributed by atoms with van der Waals surface area (Å²) in [5.74, 6) is 1.40. The lowest BCUT2D eigenvalue weighted by Crippen LogP contribution is -2.34. The molecule has 0 unspecified atom stereocenters. The van der Waals surface area contributed by atoms with E-state index < -0.39 is 0 Å². The van der Waals surface area contributed by atoms with Gasteiger partial charge in [-0.2, -0.15) is 0 Å². The van der Waals surface area contributed by atoms with Crippen molar-refractivity contribution in [3.05, 3.63) is 24.3 Å². The first-order chi connectivity index (χ1) is 9.69. The average molecular weight is 281 g/mol. The number of ether oxygens (including phenoxy) is 3. The largest absolute Gasteiger partial charge is 0.497 e. The fraction of sp³-hybridized carbons (Fsp3) is 0.533. The van der Waals surface area contributed by atoms with Crippen molar-refractivity contribution >= 4 is 5.97 Å². The summed E-state index contributed by atoms with van der Waals surface area (Å²) >= 11 is 0. The Labute approximate surface area is 120 Å². The summed E-state index contributed by atoms with van der Waals surface area (Å²) in [6.07, 6.45) is 0. The molecule has 0 amide bonds. The van der Waals surface area contributed by atoms with Crippen LogP contribution in [0.25, 0.3) is 0 Å². The Balaban J connectivity index is 2.31. The molecule has 0 N–H and O–H groups in total. The van der Waals surface area contributed by atoms with E-state index in [1.807, 2.05) is 36.1 Å². The Morgan fingerprint density at radius 2 is 1.80 bits per heavy atom. The predicted octanol–water partition coefficient (Wildman–Crippen LogP) is 1.96. The summed E-state index contributed by atoms with van der Waals surface area (Å²) in [4.78, 5) is 13.4. The second-order valence-corrected chi connectivity index (χ2v) is 4.20. The summed E-state index contributed by atoms with van der Waals surface area (Å²) in [7, 11) is 1.63. The van der Waals surface area contributed by atoms with Crippen molar-refractivity contribution in [1.82, 2.24) is 4.90 Å². The minimum absolute atomic E-state index is 0.196. The monoisotopic (exact) mass is 281 g/mol. The standard InChI is InChI=1S/C15H23NO4/c1-4-16(12-15(17)19-5-2)10-11-20-14-8-6-13(18-3)7-9-14/h6-9H,4-5,10-12H2,1-3H3. The predicted molar refractivity (Wildman–Crippen MR) is 77.2 cm³/mol. The first-order valence-electron chi connectivity index (χ1n) is 6.84. The molecule has 0 atom stereocenters. The van der Waals surface area contributed by atoms with Crippen LogP contribution in [0.15, 0.2) is 24.3 Å². The van der Waals surface area contributed by atoms with Gasteiger partial charge in [0.25, 0.3) is 0 Å². The van der Waals surface area contributed by atoms with E-state index in [1.165, 1.54) is 0 Å². The maximum absolute atomic E-state index is 11.4. The molecule has 0 fully saturated rings. The van der Waals surface area contributed by atoms with Gasteiger partial charge in [-0.25, -0.2) is 0 Å². The fourth-order valence-electron chi connectivity index (χ4n) is 1.70. The lowest BCUT2D eigenvalue weighted by molar-refractivity contribution is -0.144. The summed E-state index contributed by atoms with van der Waals surface area (Å²) < 4.78 is 15.6. The molecule has 1 aromatic carbocycles. The summed E-state index contributed by atoms with van der Waals surface area (Å²) in [6, 6.07) is 7.43. The van der Waals surface area contributed by atoms with Gasteiger partial charge in [0.15, 0.2) is 0 Å². The molecule has 0 aromatic heterocycles. The Bertz CT molecular complexity index is 391. The van der Waals surface area contributed by atoms with Crippen LogP contribution in [0.4, 0.5) is 0 Å². The fourth-order valence-corrected chi connectivity index (χ4v) is 1.70. The Kier molecular flexibility index (Phi) is 7.50. The highest BCUT2D eigenvalue weighted by Crippen LogP contribution is 2.16. The van der Waals surface area contributed by atoms with Gasteiger partial charge in [0, 0.05) is 6.54 Å². The van der Waals surface area contributed by atoms with Gasteiger partial charge in [-0.15, -0.1) is 0 Å². The van der Waals surface area contributed by atoms with Gasteiger partial charge in [-0.05, 0) is 37.7 Å². The lowest BCUT2D eigenvalue weighted by atomic mass is 10.3. The number of hydrogen-bond acceptors (Lipinski definition) is 5. The Morgan fingerprint density at radius 3 is 2.35 bits per heavy atom. The van der Waals surface area contributed by atoms with E-state index in [0.717, 1.165) is 18.0 Å². The molecule has 0 aliphatic heterocycles. The SMILES string of the molecule is CCOC(=O)CN(CC)CCOc1ccc(OC)cc1.